The van der Waals surface area contributed by atoms with Gasteiger partial charge in [0.25, 0.3) is 5.91 Å². The number of aromatic amines is 1. The predicted molar refractivity (Wildman–Crippen MR) is 100 cm³/mol. The first-order chi connectivity index (χ1) is 13.1. The molecule has 1 aliphatic heterocycles. The topological polar surface area (TPSA) is 91.2 Å². The summed E-state index contributed by atoms with van der Waals surface area (Å²) < 4.78 is 5.52. The van der Waals surface area contributed by atoms with E-state index in [0.29, 0.717) is 30.1 Å². The number of hydrogen-bond donors (Lipinski definition) is 2. The summed E-state index contributed by atoms with van der Waals surface area (Å²) in [6.45, 7) is 3.01. The smallest absolute Gasteiger partial charge is 0.272 e. The van der Waals surface area contributed by atoms with Gasteiger partial charge in [-0.3, -0.25) is 14.7 Å². The molecule has 7 heteroatoms. The predicted octanol–water partition coefficient (Wildman–Crippen LogP) is 3.03. The number of aryl methyl sites for hydroxylation is 1. The summed E-state index contributed by atoms with van der Waals surface area (Å²) in [5.74, 6) is 1.34. The minimum atomic E-state index is -0.264. The number of H-pyrrole nitrogens is 1. The standard InChI is InChI=1S/C20H20N4O3/c1-13-4-9-18(27-13)16-11-17(23-22-16)20(26)21-12-14-5-7-15(8-6-14)24-10-2-3-19(24)25/h4-9,11H,2-3,10,12H2,1H3,(H,21,26)(H,22,23). The molecule has 0 aliphatic carbocycles. The van der Waals surface area contributed by atoms with E-state index in [1.54, 1.807) is 11.0 Å². The van der Waals surface area contributed by atoms with Gasteiger partial charge in [0.05, 0.1) is 0 Å². The van der Waals surface area contributed by atoms with E-state index in [2.05, 4.69) is 15.5 Å². The van der Waals surface area contributed by atoms with Crippen molar-refractivity contribution in [2.24, 2.45) is 0 Å². The first-order valence-corrected chi connectivity index (χ1v) is 8.90. The van der Waals surface area contributed by atoms with Crippen LogP contribution < -0.4 is 10.2 Å². The van der Waals surface area contributed by atoms with E-state index in [0.717, 1.165) is 30.0 Å². The Balaban J connectivity index is 1.36. The van der Waals surface area contributed by atoms with Crippen LogP contribution in [0.2, 0.25) is 0 Å². The minimum Gasteiger partial charge on any atom is -0.460 e. The highest BCUT2D eigenvalue weighted by molar-refractivity contribution is 5.95. The maximum Gasteiger partial charge on any atom is 0.272 e. The van der Waals surface area contributed by atoms with Crippen molar-refractivity contribution in [2.45, 2.75) is 26.3 Å². The Morgan fingerprint density at radius 1 is 1.26 bits per heavy atom. The molecule has 2 amide bonds. The lowest BCUT2D eigenvalue weighted by Gasteiger charge is -2.16. The lowest BCUT2D eigenvalue weighted by Crippen LogP contribution is -2.24. The highest BCUT2D eigenvalue weighted by Crippen LogP contribution is 2.22. The summed E-state index contributed by atoms with van der Waals surface area (Å²) in [4.78, 5) is 25.9. The van der Waals surface area contributed by atoms with Crippen LogP contribution in [0.5, 0.6) is 0 Å². The summed E-state index contributed by atoms with van der Waals surface area (Å²) in [5.41, 5.74) is 2.82. The van der Waals surface area contributed by atoms with Gasteiger partial charge in [0.2, 0.25) is 5.91 Å². The van der Waals surface area contributed by atoms with E-state index in [9.17, 15) is 9.59 Å². The van der Waals surface area contributed by atoms with Crippen LogP contribution >= 0.6 is 0 Å². The first kappa shape index (κ1) is 17.1. The molecule has 0 saturated carbocycles. The average Bonchev–Trinajstić information content (AvgIpc) is 3.41. The van der Waals surface area contributed by atoms with Crippen molar-refractivity contribution < 1.29 is 14.0 Å². The van der Waals surface area contributed by atoms with Gasteiger partial charge in [-0.2, -0.15) is 5.10 Å². The molecule has 2 aromatic heterocycles. The Labute approximate surface area is 156 Å². The van der Waals surface area contributed by atoms with Gasteiger partial charge in [-0.1, -0.05) is 12.1 Å². The number of rotatable bonds is 5. The van der Waals surface area contributed by atoms with Gasteiger partial charge < -0.3 is 14.6 Å². The number of anilines is 1. The van der Waals surface area contributed by atoms with E-state index in [1.807, 2.05) is 43.3 Å². The molecule has 0 atom stereocenters. The molecule has 0 unspecified atom stereocenters. The van der Waals surface area contributed by atoms with Crippen LogP contribution in [-0.2, 0) is 11.3 Å². The normalized spacial score (nSPS) is 14.0. The Kier molecular flexibility index (Phi) is 4.50. The zero-order chi connectivity index (χ0) is 18.8. The van der Waals surface area contributed by atoms with Gasteiger partial charge in [-0.05, 0) is 43.2 Å². The summed E-state index contributed by atoms with van der Waals surface area (Å²) in [5, 5.41) is 9.71. The Morgan fingerprint density at radius 2 is 2.07 bits per heavy atom. The number of nitrogens with one attached hydrogen (secondary N) is 2. The fourth-order valence-corrected chi connectivity index (χ4v) is 3.13. The minimum absolute atomic E-state index is 0.164. The molecular weight excluding hydrogens is 344 g/mol. The zero-order valence-electron chi connectivity index (χ0n) is 15.0. The molecule has 1 saturated heterocycles. The Bertz CT molecular complexity index is 971. The van der Waals surface area contributed by atoms with Crippen molar-refractivity contribution in [1.29, 1.82) is 0 Å². The molecule has 4 rings (SSSR count). The number of furan rings is 1. The van der Waals surface area contributed by atoms with E-state index in [-0.39, 0.29) is 11.8 Å². The zero-order valence-corrected chi connectivity index (χ0v) is 15.0. The second-order valence-electron chi connectivity index (χ2n) is 6.58. The third-order valence-electron chi connectivity index (χ3n) is 4.59. The van der Waals surface area contributed by atoms with Crippen LogP contribution in [0.15, 0.2) is 46.9 Å². The van der Waals surface area contributed by atoms with Crippen LogP contribution in [0, 0.1) is 6.92 Å². The number of aromatic nitrogens is 2. The number of carbonyl (C=O) groups excluding carboxylic acids is 2. The average molecular weight is 364 g/mol. The van der Waals surface area contributed by atoms with Crippen LogP contribution in [0.4, 0.5) is 5.69 Å². The highest BCUT2D eigenvalue weighted by Gasteiger charge is 2.21. The van der Waals surface area contributed by atoms with Crippen molar-refractivity contribution in [3.8, 4) is 11.5 Å². The molecule has 2 N–H and O–H groups in total. The van der Waals surface area contributed by atoms with E-state index >= 15 is 0 Å². The SMILES string of the molecule is Cc1ccc(-c2cc(C(=O)NCc3ccc(N4CCCC4=O)cc3)n[nH]2)o1. The quantitative estimate of drug-likeness (QED) is 0.728. The molecule has 0 bridgehead atoms. The summed E-state index contributed by atoms with van der Waals surface area (Å²) >= 11 is 0. The maximum absolute atomic E-state index is 12.3. The molecule has 138 valence electrons. The number of hydrogen-bond acceptors (Lipinski definition) is 4. The van der Waals surface area contributed by atoms with Crippen molar-refractivity contribution in [3.63, 3.8) is 0 Å². The second-order valence-corrected chi connectivity index (χ2v) is 6.58. The first-order valence-electron chi connectivity index (χ1n) is 8.90. The summed E-state index contributed by atoms with van der Waals surface area (Å²) in [6.07, 6.45) is 1.51. The lowest BCUT2D eigenvalue weighted by atomic mass is 10.2. The lowest BCUT2D eigenvalue weighted by molar-refractivity contribution is -0.117. The van der Waals surface area contributed by atoms with Crippen LogP contribution in [-0.4, -0.2) is 28.6 Å². The van der Waals surface area contributed by atoms with Gasteiger partial charge in [-0.15, -0.1) is 0 Å². The van der Waals surface area contributed by atoms with Crippen molar-refractivity contribution in [1.82, 2.24) is 15.5 Å². The fourth-order valence-electron chi connectivity index (χ4n) is 3.13. The largest absolute Gasteiger partial charge is 0.460 e. The third-order valence-corrected chi connectivity index (χ3v) is 4.59. The summed E-state index contributed by atoms with van der Waals surface area (Å²) in [6, 6.07) is 13.0. The molecule has 3 heterocycles. The number of amides is 2. The van der Waals surface area contributed by atoms with Gasteiger partial charge in [0.15, 0.2) is 11.5 Å². The Hall–Kier alpha value is -3.35. The van der Waals surface area contributed by atoms with E-state index in [4.69, 9.17) is 4.42 Å². The molecule has 1 fully saturated rings. The number of carbonyl (C=O) groups is 2. The molecule has 1 aromatic carbocycles. The molecular formula is C20H20N4O3. The van der Waals surface area contributed by atoms with Crippen LogP contribution in [0.1, 0.15) is 34.7 Å². The maximum atomic E-state index is 12.3. The second kappa shape index (κ2) is 7.11. The molecule has 27 heavy (non-hydrogen) atoms. The molecule has 0 spiro atoms. The third kappa shape index (κ3) is 3.62. The molecule has 3 aromatic rings. The van der Waals surface area contributed by atoms with E-state index in [1.165, 1.54) is 0 Å². The van der Waals surface area contributed by atoms with Crippen molar-refractivity contribution >= 4 is 17.5 Å². The van der Waals surface area contributed by atoms with E-state index < -0.39 is 0 Å². The van der Waals surface area contributed by atoms with Gasteiger partial charge in [0.1, 0.15) is 11.5 Å². The number of benzene rings is 1. The monoisotopic (exact) mass is 364 g/mol. The molecule has 7 nitrogen and oxygen atoms in total. The number of nitrogens with zero attached hydrogens (tertiary/aromatic N) is 2. The molecule has 1 aliphatic rings. The van der Waals surface area contributed by atoms with Crippen LogP contribution in [0.25, 0.3) is 11.5 Å². The van der Waals surface area contributed by atoms with Gasteiger partial charge in [-0.25, -0.2) is 0 Å². The van der Waals surface area contributed by atoms with Gasteiger partial charge in [0, 0.05) is 31.3 Å². The Morgan fingerprint density at radius 3 is 2.74 bits per heavy atom. The summed E-state index contributed by atoms with van der Waals surface area (Å²) in [7, 11) is 0. The molecule has 0 radical (unpaired) electrons. The highest BCUT2D eigenvalue weighted by atomic mass is 16.3. The fraction of sp³-hybridized carbons (Fsp3) is 0.250. The van der Waals surface area contributed by atoms with Gasteiger partial charge >= 0.3 is 0 Å². The van der Waals surface area contributed by atoms with Crippen LogP contribution in [0.3, 0.4) is 0 Å². The van der Waals surface area contributed by atoms with Crippen molar-refractivity contribution in [2.75, 3.05) is 11.4 Å². The van der Waals surface area contributed by atoms with Crippen molar-refractivity contribution in [3.05, 3.63) is 59.5 Å².